The van der Waals surface area contributed by atoms with Gasteiger partial charge in [0.25, 0.3) is 0 Å². The summed E-state index contributed by atoms with van der Waals surface area (Å²) in [5.74, 6) is 0.241. The number of benzene rings is 2. The summed E-state index contributed by atoms with van der Waals surface area (Å²) in [7, 11) is 1.97. The zero-order valence-electron chi connectivity index (χ0n) is 16.6. The molecular weight excluding hydrogens is 348 g/mol. The number of rotatable bonds is 4. The fraction of sp³-hybridized carbons (Fsp3) is 0.217. The molecule has 1 N–H and O–H groups in total. The Labute approximate surface area is 164 Å². The lowest BCUT2D eigenvalue weighted by atomic mass is 10.0. The maximum atomic E-state index is 10.1. The Morgan fingerprint density at radius 2 is 1.68 bits per heavy atom. The van der Waals surface area contributed by atoms with E-state index in [1.165, 1.54) is 5.56 Å². The molecule has 2 aromatic heterocycles. The van der Waals surface area contributed by atoms with Crippen LogP contribution in [-0.4, -0.2) is 24.4 Å². The van der Waals surface area contributed by atoms with Gasteiger partial charge in [-0.05, 0) is 32.9 Å². The lowest BCUT2D eigenvalue weighted by Gasteiger charge is -2.19. The molecule has 0 radical (unpaired) electrons. The van der Waals surface area contributed by atoms with E-state index in [1.807, 2.05) is 55.3 Å². The normalized spacial score (nSPS) is 12.3. The quantitative estimate of drug-likeness (QED) is 0.555. The zero-order chi connectivity index (χ0) is 19.8. The largest absolute Gasteiger partial charge is 0.508 e. The summed E-state index contributed by atoms with van der Waals surface area (Å²) in [6.45, 7) is 6.30. The number of aromatic nitrogens is 4. The Hall–Kier alpha value is -3.34. The molecule has 5 nitrogen and oxygen atoms in total. The van der Waals surface area contributed by atoms with E-state index in [2.05, 4.69) is 35.6 Å². The monoisotopic (exact) mass is 372 g/mol. The Bertz CT molecular complexity index is 1120. The van der Waals surface area contributed by atoms with Gasteiger partial charge in [0.15, 0.2) is 0 Å². The van der Waals surface area contributed by atoms with E-state index in [9.17, 15) is 5.11 Å². The number of phenolic OH excluding ortho intramolecular Hbond substituents is 1. The summed E-state index contributed by atoms with van der Waals surface area (Å²) < 4.78 is 4.10. The molecule has 142 valence electrons. The van der Waals surface area contributed by atoms with Crippen molar-refractivity contribution in [3.8, 4) is 28.3 Å². The van der Waals surface area contributed by atoms with E-state index in [1.54, 1.807) is 12.1 Å². The molecule has 1 atom stereocenters. The van der Waals surface area contributed by atoms with Crippen LogP contribution < -0.4 is 0 Å². The van der Waals surface area contributed by atoms with Crippen molar-refractivity contribution < 1.29 is 5.11 Å². The van der Waals surface area contributed by atoms with Crippen LogP contribution in [0.5, 0.6) is 5.75 Å². The second-order valence-corrected chi connectivity index (χ2v) is 7.15. The van der Waals surface area contributed by atoms with Crippen LogP contribution in [0.1, 0.15) is 29.9 Å². The second kappa shape index (κ2) is 7.00. The minimum atomic E-state index is 0.0519. The Morgan fingerprint density at radius 1 is 0.964 bits per heavy atom. The number of hydrogen-bond donors (Lipinski definition) is 1. The molecule has 0 saturated carbocycles. The highest BCUT2D eigenvalue weighted by molar-refractivity contribution is 5.79. The average molecular weight is 372 g/mol. The minimum Gasteiger partial charge on any atom is -0.508 e. The van der Waals surface area contributed by atoms with Gasteiger partial charge >= 0.3 is 0 Å². The number of aromatic hydroxyl groups is 1. The molecule has 0 amide bonds. The van der Waals surface area contributed by atoms with Gasteiger partial charge in [-0.3, -0.25) is 4.68 Å². The Kier molecular flexibility index (Phi) is 4.51. The van der Waals surface area contributed by atoms with Gasteiger partial charge in [-0.15, -0.1) is 0 Å². The predicted octanol–water partition coefficient (Wildman–Crippen LogP) is 4.88. The summed E-state index contributed by atoms with van der Waals surface area (Å²) in [5, 5.41) is 14.7. The van der Waals surface area contributed by atoms with Crippen LogP contribution >= 0.6 is 0 Å². The molecule has 0 aliphatic rings. The first-order valence-corrected chi connectivity index (χ1v) is 9.39. The number of imidazole rings is 1. The van der Waals surface area contributed by atoms with Crippen LogP contribution in [0, 0.1) is 13.8 Å². The molecule has 0 fully saturated rings. The summed E-state index contributed by atoms with van der Waals surface area (Å²) in [4.78, 5) is 4.76. The molecule has 4 rings (SSSR count). The molecule has 4 aromatic rings. The third-order valence-electron chi connectivity index (χ3n) is 5.36. The van der Waals surface area contributed by atoms with Gasteiger partial charge in [-0.1, -0.05) is 42.5 Å². The van der Waals surface area contributed by atoms with Crippen LogP contribution in [0.3, 0.4) is 0 Å². The first kappa shape index (κ1) is 18.0. The smallest absolute Gasteiger partial charge is 0.116 e. The number of phenols is 1. The maximum Gasteiger partial charge on any atom is 0.116 e. The molecule has 0 aliphatic heterocycles. The third kappa shape index (κ3) is 2.99. The molecule has 28 heavy (non-hydrogen) atoms. The Morgan fingerprint density at radius 3 is 2.32 bits per heavy atom. The van der Waals surface area contributed by atoms with Gasteiger partial charge in [-0.2, -0.15) is 5.10 Å². The molecule has 0 spiro atoms. The molecule has 2 heterocycles. The molecule has 0 unspecified atom stereocenters. The zero-order valence-corrected chi connectivity index (χ0v) is 16.6. The molecule has 0 bridgehead atoms. The van der Waals surface area contributed by atoms with Gasteiger partial charge < -0.3 is 9.67 Å². The molecule has 5 heteroatoms. The van der Waals surface area contributed by atoms with Crippen LogP contribution in [0.15, 0.2) is 60.9 Å². The van der Waals surface area contributed by atoms with Crippen molar-refractivity contribution in [1.29, 1.82) is 0 Å². The molecule has 2 aromatic carbocycles. The topological polar surface area (TPSA) is 55.9 Å². The summed E-state index contributed by atoms with van der Waals surface area (Å²) in [6, 6.07) is 17.5. The van der Waals surface area contributed by atoms with Crippen molar-refractivity contribution >= 4 is 0 Å². The average Bonchev–Trinajstić information content (AvgIpc) is 3.23. The van der Waals surface area contributed by atoms with Gasteiger partial charge in [0.05, 0.1) is 29.5 Å². The van der Waals surface area contributed by atoms with Crippen LogP contribution in [0.2, 0.25) is 0 Å². The van der Waals surface area contributed by atoms with E-state index in [0.29, 0.717) is 0 Å². The number of aryl methyl sites for hydroxylation is 2. The fourth-order valence-corrected chi connectivity index (χ4v) is 3.93. The molecular formula is C23H24N4O. The van der Waals surface area contributed by atoms with E-state index < -0.39 is 0 Å². The third-order valence-corrected chi connectivity index (χ3v) is 5.36. The minimum absolute atomic E-state index is 0.0519. The van der Waals surface area contributed by atoms with Gasteiger partial charge in [0.2, 0.25) is 0 Å². The van der Waals surface area contributed by atoms with E-state index in [-0.39, 0.29) is 11.8 Å². The van der Waals surface area contributed by atoms with Crippen molar-refractivity contribution in [2.24, 2.45) is 7.05 Å². The highest BCUT2D eigenvalue weighted by Crippen LogP contribution is 2.37. The van der Waals surface area contributed by atoms with Gasteiger partial charge in [0, 0.05) is 29.4 Å². The van der Waals surface area contributed by atoms with Crippen molar-refractivity contribution in [1.82, 2.24) is 19.3 Å². The first-order chi connectivity index (χ1) is 13.5. The van der Waals surface area contributed by atoms with E-state index in [0.717, 1.165) is 33.9 Å². The fourth-order valence-electron chi connectivity index (χ4n) is 3.93. The number of nitrogens with zero attached hydrogens (tertiary/aromatic N) is 4. The number of hydrogen-bond acceptors (Lipinski definition) is 3. The lowest BCUT2D eigenvalue weighted by Crippen LogP contribution is -2.10. The van der Waals surface area contributed by atoms with E-state index >= 15 is 0 Å². The highest BCUT2D eigenvalue weighted by atomic mass is 16.3. The van der Waals surface area contributed by atoms with Crippen molar-refractivity contribution in [3.05, 3.63) is 77.9 Å². The maximum absolute atomic E-state index is 10.1. The summed E-state index contributed by atoms with van der Waals surface area (Å²) in [5.41, 5.74) is 7.22. The van der Waals surface area contributed by atoms with Crippen LogP contribution in [0.4, 0.5) is 0 Å². The molecule has 0 saturated heterocycles. The predicted molar refractivity (Wildman–Crippen MR) is 111 cm³/mol. The molecule has 0 aliphatic carbocycles. The summed E-state index contributed by atoms with van der Waals surface area (Å²) in [6.07, 6.45) is 1.89. The van der Waals surface area contributed by atoms with E-state index in [4.69, 9.17) is 4.98 Å². The van der Waals surface area contributed by atoms with Gasteiger partial charge in [0.1, 0.15) is 5.75 Å². The summed E-state index contributed by atoms with van der Waals surface area (Å²) >= 11 is 0. The second-order valence-electron chi connectivity index (χ2n) is 7.15. The van der Waals surface area contributed by atoms with Crippen LogP contribution in [-0.2, 0) is 7.05 Å². The van der Waals surface area contributed by atoms with Crippen molar-refractivity contribution in [2.45, 2.75) is 26.8 Å². The Balaban J connectivity index is 1.94. The van der Waals surface area contributed by atoms with Crippen LogP contribution in [0.25, 0.3) is 22.5 Å². The lowest BCUT2D eigenvalue weighted by molar-refractivity contribution is 0.475. The van der Waals surface area contributed by atoms with Crippen molar-refractivity contribution in [2.75, 3.05) is 0 Å². The first-order valence-electron chi connectivity index (χ1n) is 9.39. The SMILES string of the molecule is Cc1nn(C)c(C)c1[C@@H](C)n1cnc(-c2ccccc2)c1-c1cccc(O)c1. The van der Waals surface area contributed by atoms with Crippen molar-refractivity contribution in [3.63, 3.8) is 0 Å². The standard InChI is InChI=1S/C23H24N4O/c1-15-21(16(2)26(4)25-15)17(3)27-14-24-22(18-9-6-5-7-10-18)23(27)19-11-8-12-20(28)13-19/h5-14,17,28H,1-4H3/t17-/m1/s1. The van der Waals surface area contributed by atoms with Gasteiger partial charge in [-0.25, -0.2) is 4.98 Å². The highest BCUT2D eigenvalue weighted by Gasteiger charge is 2.23.